The van der Waals surface area contributed by atoms with Gasteiger partial charge < -0.3 is 9.47 Å². The second-order valence-corrected chi connectivity index (χ2v) is 10.8. The highest BCUT2D eigenvalue weighted by Crippen LogP contribution is 2.64. The highest BCUT2D eigenvalue weighted by Gasteiger charge is 2.74. The zero-order chi connectivity index (χ0) is 25.0. The van der Waals surface area contributed by atoms with E-state index in [2.05, 4.69) is 11.3 Å². The molecule has 0 atom stereocenters. The molecule has 4 bridgehead atoms. The molecule has 0 aromatic heterocycles. The van der Waals surface area contributed by atoms with Crippen molar-refractivity contribution in [2.24, 2.45) is 23.2 Å². The van der Waals surface area contributed by atoms with E-state index >= 15 is 0 Å². The van der Waals surface area contributed by atoms with Crippen LogP contribution in [0.15, 0.2) is 12.2 Å². The van der Waals surface area contributed by atoms with Gasteiger partial charge in [0, 0.05) is 11.8 Å². The van der Waals surface area contributed by atoms with Crippen molar-refractivity contribution >= 4 is 11.9 Å². The van der Waals surface area contributed by atoms with Crippen molar-refractivity contribution in [2.75, 3.05) is 0 Å². The number of ether oxygens (including phenoxy) is 2. The van der Waals surface area contributed by atoms with Crippen molar-refractivity contribution in [1.29, 1.82) is 0 Å². The molecule has 10 heteroatoms. The molecule has 4 aliphatic rings. The number of carbonyl (C=O) groups excluding carboxylic acids is 2. The van der Waals surface area contributed by atoms with Gasteiger partial charge in [0.25, 0.3) is 0 Å². The van der Waals surface area contributed by atoms with Crippen molar-refractivity contribution < 1.29 is 45.4 Å². The largest absolute Gasteiger partial charge is 0.459 e. The van der Waals surface area contributed by atoms with Gasteiger partial charge in [-0.05, 0) is 77.0 Å². The van der Waals surface area contributed by atoms with Crippen molar-refractivity contribution in [3.05, 3.63) is 12.2 Å². The fourth-order valence-electron chi connectivity index (χ4n) is 6.56. The maximum atomic E-state index is 13.5. The Hall–Kier alpha value is -1.74. The standard InChI is InChI=1S/C23H30F6O4/c1-13(2)9-21(22(24,25)26,23(27,28)29)33-18(31)8-17(30)32-19(3,4)20-10-14-5-15(11-20)7-16(6-14)12-20/h14-16H,1,5-12H2,2-4H3. The summed E-state index contributed by atoms with van der Waals surface area (Å²) in [4.78, 5) is 24.6. The van der Waals surface area contributed by atoms with Crippen LogP contribution in [0.2, 0.25) is 0 Å². The molecule has 0 aliphatic heterocycles. The van der Waals surface area contributed by atoms with Crippen LogP contribution < -0.4 is 0 Å². The molecule has 0 radical (unpaired) electrons. The minimum atomic E-state index is -5.96. The summed E-state index contributed by atoms with van der Waals surface area (Å²) >= 11 is 0. The lowest BCUT2D eigenvalue weighted by Gasteiger charge is -2.61. The summed E-state index contributed by atoms with van der Waals surface area (Å²) in [6.07, 6.45) is -8.99. The van der Waals surface area contributed by atoms with Gasteiger partial charge >= 0.3 is 29.9 Å². The van der Waals surface area contributed by atoms with Gasteiger partial charge in [-0.2, -0.15) is 26.3 Å². The molecule has 33 heavy (non-hydrogen) atoms. The molecule has 0 saturated heterocycles. The molecule has 4 saturated carbocycles. The minimum absolute atomic E-state index is 0.303. The highest BCUT2D eigenvalue weighted by atomic mass is 19.4. The van der Waals surface area contributed by atoms with Crippen LogP contribution in [-0.4, -0.2) is 35.5 Å². The van der Waals surface area contributed by atoms with E-state index in [0.29, 0.717) is 17.8 Å². The Morgan fingerprint density at radius 2 is 1.24 bits per heavy atom. The molecular formula is C23H30F6O4. The summed E-state index contributed by atoms with van der Waals surface area (Å²) in [6.45, 7) is 7.47. The number of hydrogen-bond donors (Lipinski definition) is 0. The molecule has 4 rings (SSSR count). The minimum Gasteiger partial charge on any atom is -0.459 e. The number of alkyl halides is 6. The Balaban J connectivity index is 1.72. The monoisotopic (exact) mass is 484 g/mol. The Labute approximate surface area is 189 Å². The van der Waals surface area contributed by atoms with E-state index in [0.717, 1.165) is 45.4 Å². The van der Waals surface area contributed by atoms with Crippen molar-refractivity contribution in [3.63, 3.8) is 0 Å². The van der Waals surface area contributed by atoms with E-state index in [1.54, 1.807) is 13.8 Å². The summed E-state index contributed by atoms with van der Waals surface area (Å²) in [5, 5.41) is 0. The Kier molecular flexibility index (Phi) is 6.42. The average molecular weight is 484 g/mol. The van der Waals surface area contributed by atoms with Crippen LogP contribution in [0.1, 0.15) is 72.1 Å². The molecule has 0 amide bonds. The Morgan fingerprint density at radius 1 is 0.848 bits per heavy atom. The first-order valence-corrected chi connectivity index (χ1v) is 11.1. The quantitative estimate of drug-likeness (QED) is 0.185. The van der Waals surface area contributed by atoms with E-state index in [4.69, 9.17) is 4.74 Å². The van der Waals surface area contributed by atoms with Crippen LogP contribution in [0.4, 0.5) is 26.3 Å². The fraction of sp³-hybridized carbons (Fsp3) is 0.826. The molecule has 0 aromatic rings. The van der Waals surface area contributed by atoms with Crippen LogP contribution >= 0.6 is 0 Å². The molecule has 188 valence electrons. The highest BCUT2D eigenvalue weighted by molar-refractivity contribution is 5.91. The van der Waals surface area contributed by atoms with Crippen molar-refractivity contribution in [3.8, 4) is 0 Å². The Morgan fingerprint density at radius 3 is 1.61 bits per heavy atom. The fourth-order valence-corrected chi connectivity index (χ4v) is 6.56. The van der Waals surface area contributed by atoms with E-state index < -0.39 is 53.9 Å². The van der Waals surface area contributed by atoms with Gasteiger partial charge in [0.05, 0.1) is 0 Å². The molecule has 4 fully saturated rings. The Bertz CT molecular complexity index is 761. The number of rotatable bonds is 7. The lowest BCUT2D eigenvalue weighted by Crippen LogP contribution is -2.60. The predicted octanol–water partition coefficient (Wildman–Crippen LogP) is 6.29. The molecule has 0 aromatic carbocycles. The molecule has 0 N–H and O–H groups in total. The summed E-state index contributed by atoms with van der Waals surface area (Å²) in [6, 6.07) is 0. The topological polar surface area (TPSA) is 52.6 Å². The molecule has 0 spiro atoms. The second-order valence-electron chi connectivity index (χ2n) is 10.8. The first kappa shape index (κ1) is 25.9. The lowest BCUT2D eigenvalue weighted by molar-refractivity contribution is -0.369. The van der Waals surface area contributed by atoms with E-state index in [9.17, 15) is 35.9 Å². The summed E-state index contributed by atoms with van der Waals surface area (Å²) in [5.41, 5.74) is -6.58. The zero-order valence-corrected chi connectivity index (χ0v) is 19.0. The molecular weight excluding hydrogens is 454 g/mol. The van der Waals surface area contributed by atoms with Gasteiger partial charge in [0.1, 0.15) is 12.0 Å². The smallest absolute Gasteiger partial charge is 0.437 e. The molecule has 0 heterocycles. The van der Waals surface area contributed by atoms with E-state index in [1.807, 2.05) is 0 Å². The third-order valence-corrected chi connectivity index (χ3v) is 7.73. The zero-order valence-electron chi connectivity index (χ0n) is 19.0. The first-order chi connectivity index (χ1) is 14.9. The summed E-state index contributed by atoms with van der Waals surface area (Å²) in [7, 11) is 0. The van der Waals surface area contributed by atoms with Gasteiger partial charge in [-0.1, -0.05) is 12.2 Å². The van der Waals surface area contributed by atoms with Crippen LogP contribution in [0.25, 0.3) is 0 Å². The van der Waals surface area contributed by atoms with Gasteiger partial charge in [-0.3, -0.25) is 9.59 Å². The SMILES string of the molecule is C=C(C)CC(OC(=O)CC(=O)OC(C)(C)C12CC3CC(CC(C3)C1)C2)(C(F)(F)F)C(F)(F)F. The van der Waals surface area contributed by atoms with Gasteiger partial charge in [0.15, 0.2) is 0 Å². The summed E-state index contributed by atoms with van der Waals surface area (Å²) in [5.74, 6) is -1.56. The number of carbonyl (C=O) groups is 2. The third kappa shape index (κ3) is 4.76. The summed E-state index contributed by atoms with van der Waals surface area (Å²) < 4.78 is 90.3. The van der Waals surface area contributed by atoms with Gasteiger partial charge in [-0.15, -0.1) is 0 Å². The van der Waals surface area contributed by atoms with E-state index in [-0.39, 0.29) is 5.41 Å². The normalized spacial score (nSPS) is 29.7. The van der Waals surface area contributed by atoms with Gasteiger partial charge in [-0.25, -0.2) is 0 Å². The third-order valence-electron chi connectivity index (χ3n) is 7.73. The second kappa shape index (κ2) is 8.18. The molecule has 4 aliphatic carbocycles. The maximum Gasteiger partial charge on any atom is 0.437 e. The average Bonchev–Trinajstić information content (AvgIpc) is 2.56. The van der Waals surface area contributed by atoms with Crippen LogP contribution in [0.3, 0.4) is 0 Å². The lowest BCUT2D eigenvalue weighted by atomic mass is 9.46. The number of halogens is 6. The predicted molar refractivity (Wildman–Crippen MR) is 106 cm³/mol. The number of hydrogen-bond acceptors (Lipinski definition) is 4. The van der Waals surface area contributed by atoms with Crippen LogP contribution in [0, 0.1) is 23.2 Å². The van der Waals surface area contributed by atoms with Gasteiger partial charge in [0.2, 0.25) is 0 Å². The van der Waals surface area contributed by atoms with Crippen molar-refractivity contribution in [2.45, 2.75) is 95.7 Å². The first-order valence-electron chi connectivity index (χ1n) is 11.1. The number of esters is 2. The van der Waals surface area contributed by atoms with E-state index in [1.165, 1.54) is 0 Å². The van der Waals surface area contributed by atoms with Crippen LogP contribution in [-0.2, 0) is 19.1 Å². The molecule has 0 unspecified atom stereocenters. The van der Waals surface area contributed by atoms with Crippen LogP contribution in [0.5, 0.6) is 0 Å². The van der Waals surface area contributed by atoms with Crippen molar-refractivity contribution in [1.82, 2.24) is 0 Å². The molecule has 4 nitrogen and oxygen atoms in total. The maximum absolute atomic E-state index is 13.5.